The monoisotopic (exact) mass is 1200 g/mol. The van der Waals surface area contributed by atoms with E-state index in [0.717, 1.165) is 148 Å². The summed E-state index contributed by atoms with van der Waals surface area (Å²) in [6.45, 7) is 0. The van der Waals surface area contributed by atoms with Crippen molar-refractivity contribution in [2.24, 2.45) is 0 Å². The maximum absolute atomic E-state index is 6.42. The van der Waals surface area contributed by atoms with E-state index in [-0.39, 0.29) is 0 Å². The minimum Gasteiger partial charge on any atom is -0.455 e. The summed E-state index contributed by atoms with van der Waals surface area (Å²) in [6, 6.07) is 109. The Morgan fingerprint density at radius 3 is 0.915 bits per heavy atom. The fourth-order valence-electron chi connectivity index (χ4n) is 13.6. The molecule has 94 heavy (non-hydrogen) atoms. The van der Waals surface area contributed by atoms with Gasteiger partial charge in [0, 0.05) is 65.7 Å². The Morgan fingerprint density at radius 2 is 0.468 bits per heavy atom. The summed E-state index contributed by atoms with van der Waals surface area (Å²) in [5.74, 6) is 3.87. The van der Waals surface area contributed by atoms with Gasteiger partial charge >= 0.3 is 0 Å². The summed E-state index contributed by atoms with van der Waals surface area (Å²) in [5.41, 5.74) is 14.0. The minimum absolute atomic E-state index is 0.640. The van der Waals surface area contributed by atoms with Crippen LogP contribution in [0.1, 0.15) is 0 Å². The molecule has 8 heteroatoms. The first-order valence-corrected chi connectivity index (χ1v) is 31.5. The molecule has 0 spiro atoms. The van der Waals surface area contributed by atoms with Crippen molar-refractivity contribution >= 4 is 97.7 Å². The summed E-state index contributed by atoms with van der Waals surface area (Å²) in [4.78, 5) is 30.1. The van der Waals surface area contributed by atoms with Crippen LogP contribution < -0.4 is 0 Å². The van der Waals surface area contributed by atoms with Gasteiger partial charge in [0.1, 0.15) is 22.3 Å². The quantitative estimate of drug-likeness (QED) is 0.148. The summed E-state index contributed by atoms with van der Waals surface area (Å²) >= 11 is 0. The summed E-state index contributed by atoms with van der Waals surface area (Å²) in [6.07, 6.45) is 0. The lowest BCUT2D eigenvalue weighted by Gasteiger charge is -2.14. The molecule has 0 N–H and O–H groups in total. The highest BCUT2D eigenvalue weighted by molar-refractivity contribution is 6.21. The molecule has 0 amide bonds. The van der Waals surface area contributed by atoms with Crippen LogP contribution in [0.5, 0.6) is 0 Å². The number of hydrogen-bond donors (Lipinski definition) is 0. The van der Waals surface area contributed by atoms with Crippen LogP contribution in [0.2, 0.25) is 0 Å². The van der Waals surface area contributed by atoms with Gasteiger partial charge in [-0.05, 0) is 108 Å². The average Bonchev–Trinajstić information content (AvgIpc) is 1.38. The number of nitrogens with zero attached hydrogens (tertiary/aromatic N) is 6. The van der Waals surface area contributed by atoms with Crippen LogP contribution >= 0.6 is 0 Å². The standard InChI is InChI=1S/C45H27N3O.C41H25N3O/c1-2-12-29(13-3-1)43-46-44(31-22-21-28-11-4-5-14-30(28)27-31)48-45(47-43)40-26-24-35(32-15-6-7-16-34(32)40)33-18-10-19-38-36(33)23-25-39-37-17-8-9-20-41(37)49-42(38)39;1-3-12-26(13-4-1)39-42-40(27-14-5-2-6-15-27)44-41(43-39)36-25-23-31(28-16-7-8-17-30(28)36)29-19-11-20-34-32(29)22-24-35-33-18-9-10-21-37(33)45-38(34)35/h1-27H;1-25H. The van der Waals surface area contributed by atoms with Crippen molar-refractivity contribution in [3.8, 4) is 90.6 Å². The topological polar surface area (TPSA) is 104 Å². The number of aromatic nitrogens is 6. The lowest BCUT2D eigenvalue weighted by molar-refractivity contribution is 0.672. The van der Waals surface area contributed by atoms with Crippen LogP contribution in [-0.4, -0.2) is 29.9 Å². The third kappa shape index (κ3) is 9.39. The molecule has 0 aliphatic heterocycles. The van der Waals surface area contributed by atoms with Crippen LogP contribution in [0.3, 0.4) is 0 Å². The van der Waals surface area contributed by atoms with E-state index in [1.54, 1.807) is 0 Å². The summed E-state index contributed by atoms with van der Waals surface area (Å²) in [7, 11) is 0. The van der Waals surface area contributed by atoms with E-state index >= 15 is 0 Å². The second-order valence-corrected chi connectivity index (χ2v) is 23.6. The highest BCUT2D eigenvalue weighted by Gasteiger charge is 2.22. The maximum Gasteiger partial charge on any atom is 0.164 e. The van der Waals surface area contributed by atoms with Crippen molar-refractivity contribution < 1.29 is 8.83 Å². The second-order valence-electron chi connectivity index (χ2n) is 23.6. The molecule has 8 nitrogen and oxygen atoms in total. The Balaban J connectivity index is 0.000000138. The van der Waals surface area contributed by atoms with E-state index in [2.05, 4.69) is 200 Å². The van der Waals surface area contributed by atoms with E-state index < -0.39 is 0 Å². The average molecular weight is 1200 g/mol. The number of para-hydroxylation sites is 2. The van der Waals surface area contributed by atoms with Gasteiger partial charge in [0.25, 0.3) is 0 Å². The Bertz CT molecular complexity index is 6130. The lowest BCUT2D eigenvalue weighted by Crippen LogP contribution is -2.01. The molecule has 0 bridgehead atoms. The zero-order chi connectivity index (χ0) is 62.1. The van der Waals surface area contributed by atoms with E-state index in [1.807, 2.05) is 115 Å². The third-order valence-corrected chi connectivity index (χ3v) is 18.1. The van der Waals surface area contributed by atoms with Crippen LogP contribution in [0.25, 0.3) is 188 Å². The molecule has 0 aliphatic rings. The van der Waals surface area contributed by atoms with Gasteiger partial charge in [0.05, 0.1) is 0 Å². The SMILES string of the molecule is c1ccc(-c2nc(-c3ccc4ccccc4c3)nc(-c3ccc(-c4cccc5c4ccc4c6ccccc6oc54)c4ccccc34)n2)cc1.c1ccc(-c2nc(-c3ccccc3)nc(-c3ccc(-c4cccc5c4ccc4c6ccccc6oc54)c4ccccc34)n2)cc1. The van der Waals surface area contributed by atoms with E-state index in [0.29, 0.717) is 34.9 Å². The third-order valence-electron chi connectivity index (χ3n) is 18.1. The first-order chi connectivity index (χ1) is 46.6. The fourth-order valence-corrected chi connectivity index (χ4v) is 13.6. The molecule has 4 heterocycles. The van der Waals surface area contributed by atoms with Gasteiger partial charge in [-0.2, -0.15) is 0 Å². The molecule has 15 aromatic carbocycles. The first kappa shape index (κ1) is 54.2. The van der Waals surface area contributed by atoms with Gasteiger partial charge in [-0.1, -0.05) is 273 Å². The number of hydrogen-bond acceptors (Lipinski definition) is 8. The van der Waals surface area contributed by atoms with Crippen molar-refractivity contribution in [3.63, 3.8) is 0 Å². The maximum atomic E-state index is 6.42. The largest absolute Gasteiger partial charge is 0.455 e. The van der Waals surface area contributed by atoms with Gasteiger partial charge in [-0.3, -0.25) is 0 Å². The van der Waals surface area contributed by atoms with Gasteiger partial charge in [-0.15, -0.1) is 0 Å². The molecule has 438 valence electrons. The molecule has 0 atom stereocenters. The Kier molecular flexibility index (Phi) is 13.0. The molecule has 0 radical (unpaired) electrons. The van der Waals surface area contributed by atoms with Gasteiger partial charge in [0.15, 0.2) is 34.9 Å². The van der Waals surface area contributed by atoms with Crippen molar-refractivity contribution in [2.75, 3.05) is 0 Å². The molecule has 19 rings (SSSR count). The number of fused-ring (bicyclic) bond motifs is 13. The predicted molar refractivity (Wildman–Crippen MR) is 385 cm³/mol. The number of benzene rings is 15. The number of furan rings is 2. The van der Waals surface area contributed by atoms with E-state index in [1.165, 1.54) is 5.39 Å². The van der Waals surface area contributed by atoms with Gasteiger partial charge in [0.2, 0.25) is 0 Å². The molecule has 0 fully saturated rings. The lowest BCUT2D eigenvalue weighted by atomic mass is 9.91. The van der Waals surface area contributed by atoms with Gasteiger partial charge in [-0.25, -0.2) is 29.9 Å². The van der Waals surface area contributed by atoms with Crippen molar-refractivity contribution in [1.82, 2.24) is 29.9 Å². The molecule has 0 saturated carbocycles. The Morgan fingerprint density at radius 1 is 0.170 bits per heavy atom. The fraction of sp³-hybridized carbons (Fsp3) is 0. The van der Waals surface area contributed by atoms with E-state index in [4.69, 9.17) is 38.7 Å². The Hall–Kier alpha value is -12.8. The molecule has 0 aliphatic carbocycles. The molecule has 0 unspecified atom stereocenters. The normalized spacial score (nSPS) is 11.6. The highest BCUT2D eigenvalue weighted by atomic mass is 16.3. The summed E-state index contributed by atoms with van der Waals surface area (Å²) < 4.78 is 12.8. The van der Waals surface area contributed by atoms with Crippen molar-refractivity contribution in [2.45, 2.75) is 0 Å². The molecular weight excluding hydrogens is 1150 g/mol. The van der Waals surface area contributed by atoms with Crippen LogP contribution in [0, 0.1) is 0 Å². The van der Waals surface area contributed by atoms with Crippen LogP contribution in [-0.2, 0) is 0 Å². The predicted octanol–water partition coefficient (Wildman–Crippen LogP) is 22.6. The molecular formula is C86H52N6O2. The smallest absolute Gasteiger partial charge is 0.164 e. The van der Waals surface area contributed by atoms with Gasteiger partial charge < -0.3 is 8.83 Å². The van der Waals surface area contributed by atoms with E-state index in [9.17, 15) is 0 Å². The molecule has 19 aromatic rings. The summed E-state index contributed by atoms with van der Waals surface area (Å²) in [5, 5.41) is 15.8. The van der Waals surface area contributed by atoms with Crippen LogP contribution in [0.4, 0.5) is 0 Å². The Labute approximate surface area is 539 Å². The minimum atomic E-state index is 0.640. The zero-order valence-corrected chi connectivity index (χ0v) is 50.5. The molecule has 4 aromatic heterocycles. The first-order valence-electron chi connectivity index (χ1n) is 31.5. The second kappa shape index (κ2) is 22.6. The van der Waals surface area contributed by atoms with Crippen molar-refractivity contribution in [1.29, 1.82) is 0 Å². The van der Waals surface area contributed by atoms with Crippen molar-refractivity contribution in [3.05, 3.63) is 315 Å². The zero-order valence-electron chi connectivity index (χ0n) is 50.5. The van der Waals surface area contributed by atoms with Crippen LogP contribution in [0.15, 0.2) is 324 Å². The number of rotatable bonds is 8. The highest BCUT2D eigenvalue weighted by Crippen LogP contribution is 2.44. The molecule has 0 saturated heterocycles.